The lowest BCUT2D eigenvalue weighted by molar-refractivity contribution is -0.155. The summed E-state index contributed by atoms with van der Waals surface area (Å²) < 4.78 is 6.21. The zero-order valence-electron chi connectivity index (χ0n) is 13.1. The minimum absolute atomic E-state index is 0.109. The highest BCUT2D eigenvalue weighted by Crippen LogP contribution is 2.38. The first-order valence-electron chi connectivity index (χ1n) is 8.37. The molecule has 1 amide bonds. The maximum absolute atomic E-state index is 12.7. The van der Waals surface area contributed by atoms with Crippen molar-refractivity contribution in [2.24, 2.45) is 5.92 Å². The summed E-state index contributed by atoms with van der Waals surface area (Å²) in [6, 6.07) is 20.4. The van der Waals surface area contributed by atoms with Gasteiger partial charge in [0.2, 0.25) is 5.91 Å². The van der Waals surface area contributed by atoms with Gasteiger partial charge < -0.3 is 9.64 Å². The maximum atomic E-state index is 12.7. The van der Waals surface area contributed by atoms with E-state index in [1.54, 1.807) is 0 Å². The van der Waals surface area contributed by atoms with Crippen molar-refractivity contribution in [3.05, 3.63) is 66.2 Å². The summed E-state index contributed by atoms with van der Waals surface area (Å²) in [6.07, 6.45) is 3.01. The molecule has 5 rings (SSSR count). The Bertz CT molecular complexity index is 671. The van der Waals surface area contributed by atoms with Crippen LogP contribution in [0.1, 0.15) is 24.8 Å². The normalized spacial score (nSPS) is 26.3. The summed E-state index contributed by atoms with van der Waals surface area (Å²) >= 11 is 0. The molecular weight excluding hydrogens is 286 g/mol. The molecule has 0 aromatic heterocycles. The van der Waals surface area contributed by atoms with Gasteiger partial charge in [-0.05, 0) is 37.0 Å². The molecule has 1 aliphatic carbocycles. The van der Waals surface area contributed by atoms with E-state index in [9.17, 15) is 4.79 Å². The van der Waals surface area contributed by atoms with Gasteiger partial charge in [-0.2, -0.15) is 0 Å². The number of piperidine rings is 2. The fourth-order valence-corrected chi connectivity index (χ4v) is 3.87. The highest BCUT2D eigenvalue weighted by Gasteiger charge is 2.47. The molecule has 2 heterocycles. The Morgan fingerprint density at radius 3 is 2.39 bits per heavy atom. The topological polar surface area (TPSA) is 29.5 Å². The standard InChI is InChI=1S/C20H21NO2/c22-20-16-11-12-18(21(20)14-15-7-3-1-4-8-15)19(13-16)23-17-9-5-2-6-10-17/h1-10,16,18-19H,11-14H2/t16-,18+,19+/m0/s1. The number of hydrogen-bond acceptors (Lipinski definition) is 2. The summed E-state index contributed by atoms with van der Waals surface area (Å²) in [7, 11) is 0. The van der Waals surface area contributed by atoms with E-state index >= 15 is 0 Å². The Kier molecular flexibility index (Phi) is 3.78. The molecule has 3 heteroatoms. The number of fused-ring (bicyclic) bond motifs is 3. The molecule has 2 aliphatic heterocycles. The van der Waals surface area contributed by atoms with E-state index in [0.29, 0.717) is 12.5 Å². The van der Waals surface area contributed by atoms with Crippen molar-refractivity contribution >= 4 is 5.91 Å². The van der Waals surface area contributed by atoms with E-state index in [4.69, 9.17) is 4.74 Å². The Balaban J connectivity index is 1.54. The zero-order chi connectivity index (χ0) is 15.6. The van der Waals surface area contributed by atoms with Crippen LogP contribution in [0.2, 0.25) is 0 Å². The molecule has 2 bridgehead atoms. The lowest BCUT2D eigenvalue weighted by atomic mass is 9.77. The second-order valence-corrected chi connectivity index (χ2v) is 6.50. The van der Waals surface area contributed by atoms with Gasteiger partial charge in [-0.25, -0.2) is 0 Å². The van der Waals surface area contributed by atoms with E-state index in [2.05, 4.69) is 12.1 Å². The van der Waals surface area contributed by atoms with Crippen LogP contribution in [0.15, 0.2) is 60.7 Å². The first kappa shape index (κ1) is 14.3. The van der Waals surface area contributed by atoms with E-state index < -0.39 is 0 Å². The van der Waals surface area contributed by atoms with Gasteiger partial charge in [0.15, 0.2) is 0 Å². The van der Waals surface area contributed by atoms with E-state index in [1.165, 1.54) is 5.56 Å². The van der Waals surface area contributed by atoms with Gasteiger partial charge in [-0.15, -0.1) is 0 Å². The molecule has 2 saturated heterocycles. The van der Waals surface area contributed by atoms with Crippen molar-refractivity contribution in [3.63, 3.8) is 0 Å². The number of para-hydroxylation sites is 1. The number of amides is 1. The van der Waals surface area contributed by atoms with Gasteiger partial charge in [0.1, 0.15) is 11.9 Å². The smallest absolute Gasteiger partial charge is 0.226 e. The quantitative estimate of drug-likeness (QED) is 0.863. The van der Waals surface area contributed by atoms with E-state index in [0.717, 1.165) is 25.0 Å². The number of ether oxygens (including phenoxy) is 1. The van der Waals surface area contributed by atoms with Crippen LogP contribution in [-0.4, -0.2) is 23.0 Å². The number of rotatable bonds is 4. The fraction of sp³-hybridized carbons (Fsp3) is 0.350. The largest absolute Gasteiger partial charge is 0.488 e. The van der Waals surface area contributed by atoms with Gasteiger partial charge in [-0.1, -0.05) is 48.5 Å². The Hall–Kier alpha value is -2.29. The van der Waals surface area contributed by atoms with Crippen LogP contribution < -0.4 is 4.74 Å². The van der Waals surface area contributed by atoms with Crippen molar-refractivity contribution in [3.8, 4) is 5.75 Å². The van der Waals surface area contributed by atoms with Crippen LogP contribution in [0, 0.1) is 5.92 Å². The summed E-state index contributed by atoms with van der Waals surface area (Å²) in [4.78, 5) is 14.7. The van der Waals surface area contributed by atoms with Crippen LogP contribution >= 0.6 is 0 Å². The number of carbonyl (C=O) groups is 1. The SMILES string of the molecule is O=C1[C@H]2CC[C@H]([C@H](Oc3ccccc3)C2)N1Cc1ccccc1. The highest BCUT2D eigenvalue weighted by molar-refractivity contribution is 5.81. The minimum Gasteiger partial charge on any atom is -0.488 e. The number of nitrogens with zero attached hydrogens (tertiary/aromatic N) is 1. The minimum atomic E-state index is 0.109. The second-order valence-electron chi connectivity index (χ2n) is 6.50. The van der Waals surface area contributed by atoms with Crippen molar-refractivity contribution < 1.29 is 9.53 Å². The van der Waals surface area contributed by atoms with Crippen molar-refractivity contribution in [1.82, 2.24) is 4.90 Å². The molecule has 3 atom stereocenters. The third kappa shape index (κ3) is 2.83. The molecule has 2 aromatic rings. The van der Waals surface area contributed by atoms with Crippen LogP contribution in [0.5, 0.6) is 5.75 Å². The van der Waals surface area contributed by atoms with Crippen LogP contribution in [-0.2, 0) is 11.3 Å². The van der Waals surface area contributed by atoms with E-state index in [-0.39, 0.29) is 18.1 Å². The molecule has 0 spiro atoms. The molecule has 0 unspecified atom stereocenters. The van der Waals surface area contributed by atoms with E-state index in [1.807, 2.05) is 53.4 Å². The first-order chi connectivity index (χ1) is 11.3. The van der Waals surface area contributed by atoms with Crippen LogP contribution in [0.4, 0.5) is 0 Å². The molecule has 2 aromatic carbocycles. The molecule has 3 nitrogen and oxygen atoms in total. The third-order valence-electron chi connectivity index (χ3n) is 5.02. The monoisotopic (exact) mass is 307 g/mol. The van der Waals surface area contributed by atoms with Gasteiger partial charge >= 0.3 is 0 Å². The lowest BCUT2D eigenvalue weighted by Gasteiger charge is -2.49. The average Bonchev–Trinajstić information content (AvgIpc) is 2.60. The average molecular weight is 307 g/mol. The van der Waals surface area contributed by atoms with Crippen molar-refractivity contribution in [2.75, 3.05) is 0 Å². The Morgan fingerprint density at radius 1 is 0.957 bits per heavy atom. The molecule has 3 fully saturated rings. The lowest BCUT2D eigenvalue weighted by Crippen LogP contribution is -2.59. The molecule has 3 aliphatic rings. The van der Waals surface area contributed by atoms with Gasteiger partial charge in [0.05, 0.1) is 6.04 Å². The predicted octanol–water partition coefficient (Wildman–Crippen LogP) is 3.65. The first-order valence-corrected chi connectivity index (χ1v) is 8.37. The maximum Gasteiger partial charge on any atom is 0.226 e. The second kappa shape index (κ2) is 6.07. The van der Waals surface area contributed by atoms with Gasteiger partial charge in [0, 0.05) is 12.5 Å². The zero-order valence-corrected chi connectivity index (χ0v) is 13.1. The number of hydrogen-bond donors (Lipinski definition) is 0. The van der Waals surface area contributed by atoms with Crippen molar-refractivity contribution in [1.29, 1.82) is 0 Å². The predicted molar refractivity (Wildman–Crippen MR) is 89.0 cm³/mol. The molecule has 23 heavy (non-hydrogen) atoms. The van der Waals surface area contributed by atoms with Crippen LogP contribution in [0.25, 0.3) is 0 Å². The Morgan fingerprint density at radius 2 is 1.65 bits per heavy atom. The van der Waals surface area contributed by atoms with Gasteiger partial charge in [-0.3, -0.25) is 4.79 Å². The molecule has 118 valence electrons. The number of carbonyl (C=O) groups excluding carboxylic acids is 1. The summed E-state index contributed by atoms with van der Waals surface area (Å²) in [5.74, 6) is 1.33. The third-order valence-corrected chi connectivity index (χ3v) is 5.02. The molecule has 1 saturated carbocycles. The van der Waals surface area contributed by atoms with Gasteiger partial charge in [0.25, 0.3) is 0 Å². The Labute approximate surface area is 136 Å². The fourth-order valence-electron chi connectivity index (χ4n) is 3.87. The van der Waals surface area contributed by atoms with Crippen molar-refractivity contribution in [2.45, 2.75) is 38.0 Å². The molecule has 0 N–H and O–H groups in total. The number of benzene rings is 2. The molecule has 0 radical (unpaired) electrons. The highest BCUT2D eigenvalue weighted by atomic mass is 16.5. The van der Waals surface area contributed by atoms with Crippen LogP contribution in [0.3, 0.4) is 0 Å². The molecular formula is C20H21NO2. The summed E-state index contributed by atoms with van der Waals surface area (Å²) in [5, 5.41) is 0. The summed E-state index contributed by atoms with van der Waals surface area (Å²) in [6.45, 7) is 0.690. The summed E-state index contributed by atoms with van der Waals surface area (Å²) in [5.41, 5.74) is 1.19.